The quantitative estimate of drug-likeness (QED) is 0.0541. The molecule has 200 valence electrons. The number of hydrogen-bond acceptors (Lipinski definition) is 8. The highest BCUT2D eigenvalue weighted by Gasteiger charge is 2.32. The molecule has 0 aromatic rings. The van der Waals surface area contributed by atoms with Crippen LogP contribution in [0.2, 0.25) is 0 Å². The van der Waals surface area contributed by atoms with Crippen molar-refractivity contribution in [1.29, 1.82) is 0 Å². The highest BCUT2D eigenvalue weighted by molar-refractivity contribution is 5.94. The van der Waals surface area contributed by atoms with Gasteiger partial charge in [0, 0.05) is 13.0 Å². The Morgan fingerprint density at radius 1 is 0.914 bits per heavy atom. The second-order valence-corrected chi connectivity index (χ2v) is 8.00. The molecule has 12 N–H and O–H groups in total. The van der Waals surface area contributed by atoms with E-state index in [1.807, 2.05) is 0 Å². The van der Waals surface area contributed by atoms with Gasteiger partial charge in [-0.3, -0.25) is 24.2 Å². The first-order valence-corrected chi connectivity index (χ1v) is 11.1. The van der Waals surface area contributed by atoms with E-state index in [0.717, 1.165) is 0 Å². The van der Waals surface area contributed by atoms with Gasteiger partial charge in [-0.1, -0.05) is 20.3 Å². The number of carbonyl (C=O) groups excluding carboxylic acids is 3. The van der Waals surface area contributed by atoms with Crippen LogP contribution in [0, 0.1) is 5.92 Å². The van der Waals surface area contributed by atoms with Crippen LogP contribution in [0.25, 0.3) is 0 Å². The highest BCUT2D eigenvalue weighted by Crippen LogP contribution is 2.10. The Morgan fingerprint density at radius 2 is 1.51 bits per heavy atom. The number of carboxylic acid groups (broad SMARTS) is 2. The van der Waals surface area contributed by atoms with Crippen molar-refractivity contribution in [3.8, 4) is 0 Å². The van der Waals surface area contributed by atoms with Gasteiger partial charge in [0.2, 0.25) is 17.7 Å². The molecule has 5 unspecified atom stereocenters. The van der Waals surface area contributed by atoms with Gasteiger partial charge in [0.05, 0.1) is 12.6 Å². The molecule has 0 aromatic carbocycles. The van der Waals surface area contributed by atoms with E-state index in [9.17, 15) is 34.2 Å². The number of aliphatic carboxylic acids is 2. The van der Waals surface area contributed by atoms with Crippen LogP contribution in [0.4, 0.5) is 0 Å². The first-order valence-electron chi connectivity index (χ1n) is 11.1. The van der Waals surface area contributed by atoms with Crippen LogP contribution in [0.1, 0.15) is 46.0 Å². The van der Waals surface area contributed by atoms with E-state index in [2.05, 4.69) is 20.9 Å². The molecule has 0 fully saturated rings. The molecule has 0 bridgehead atoms. The van der Waals surface area contributed by atoms with Crippen LogP contribution in [0.15, 0.2) is 4.99 Å². The van der Waals surface area contributed by atoms with Crippen LogP contribution in [0.5, 0.6) is 0 Å². The fourth-order valence-corrected chi connectivity index (χ4v) is 2.87. The second-order valence-electron chi connectivity index (χ2n) is 8.00. The zero-order chi connectivity index (χ0) is 27.1. The third kappa shape index (κ3) is 12.5. The first kappa shape index (κ1) is 31.5. The number of nitrogens with two attached hydrogens (primary N) is 3. The number of carbonyl (C=O) groups is 5. The lowest BCUT2D eigenvalue weighted by Crippen LogP contribution is -2.59. The number of hydrogen-bond donors (Lipinski definition) is 9. The van der Waals surface area contributed by atoms with Crippen molar-refractivity contribution in [3.05, 3.63) is 0 Å². The van der Waals surface area contributed by atoms with E-state index in [-0.39, 0.29) is 24.8 Å². The maximum atomic E-state index is 12.8. The van der Waals surface area contributed by atoms with Gasteiger partial charge in [-0.2, -0.15) is 0 Å². The predicted octanol–water partition coefficient (Wildman–Crippen LogP) is -3.19. The Hall–Kier alpha value is -3.46. The van der Waals surface area contributed by atoms with Crippen molar-refractivity contribution in [3.63, 3.8) is 0 Å². The summed E-state index contributed by atoms with van der Waals surface area (Å²) in [5, 5.41) is 34.4. The molecule has 0 saturated heterocycles. The predicted molar refractivity (Wildman–Crippen MR) is 125 cm³/mol. The summed E-state index contributed by atoms with van der Waals surface area (Å²) in [4.78, 5) is 63.5. The standard InChI is InChI=1S/C20H37N7O8/c1-3-10(2)15(27-16(31)11(21)5-4-8-24-20(22)23)18(33)26-13(9-28)17(32)25-12(19(34)35)6-7-14(29)30/h10-13,15,28H,3-9,21H2,1-2H3,(H,25,32)(H,26,33)(H,27,31)(H,29,30)(H,34,35)(H4,22,23,24). The lowest BCUT2D eigenvalue weighted by atomic mass is 9.97. The molecule has 0 aliphatic rings. The third-order valence-corrected chi connectivity index (χ3v) is 5.17. The molecule has 0 saturated carbocycles. The molecule has 0 radical (unpaired) electrons. The normalized spacial score (nSPS) is 15.0. The zero-order valence-corrected chi connectivity index (χ0v) is 19.9. The number of aliphatic imine (C=N–C) groups is 1. The van der Waals surface area contributed by atoms with E-state index < -0.39 is 73.3 Å². The van der Waals surface area contributed by atoms with Crippen LogP contribution in [-0.2, 0) is 24.0 Å². The smallest absolute Gasteiger partial charge is 0.326 e. The van der Waals surface area contributed by atoms with Crippen molar-refractivity contribution in [2.45, 2.75) is 70.1 Å². The van der Waals surface area contributed by atoms with Gasteiger partial charge in [0.15, 0.2) is 5.96 Å². The van der Waals surface area contributed by atoms with Crippen LogP contribution < -0.4 is 33.2 Å². The molecule has 0 rings (SSSR count). The number of nitrogens with one attached hydrogen (secondary N) is 3. The SMILES string of the molecule is CCC(C)C(NC(=O)C(N)CCCN=C(N)N)C(=O)NC(CO)C(=O)NC(CCC(=O)O)C(=O)O. The van der Waals surface area contributed by atoms with Gasteiger partial charge in [0.1, 0.15) is 18.1 Å². The Balaban J connectivity index is 5.21. The zero-order valence-electron chi connectivity index (χ0n) is 19.9. The van der Waals surface area contributed by atoms with Crippen molar-refractivity contribution in [2.75, 3.05) is 13.2 Å². The Morgan fingerprint density at radius 3 is 2.00 bits per heavy atom. The Kier molecular flexibility index (Phi) is 14.6. The fraction of sp³-hybridized carbons (Fsp3) is 0.700. The third-order valence-electron chi connectivity index (χ3n) is 5.17. The van der Waals surface area contributed by atoms with Gasteiger partial charge >= 0.3 is 11.9 Å². The minimum atomic E-state index is -1.54. The molecule has 0 aromatic heterocycles. The van der Waals surface area contributed by atoms with E-state index in [1.165, 1.54) is 0 Å². The van der Waals surface area contributed by atoms with Gasteiger partial charge < -0.3 is 48.5 Å². The van der Waals surface area contributed by atoms with Gasteiger partial charge in [-0.25, -0.2) is 4.79 Å². The minimum absolute atomic E-state index is 0.0874. The van der Waals surface area contributed by atoms with Crippen molar-refractivity contribution >= 4 is 35.6 Å². The first-order chi connectivity index (χ1) is 16.3. The number of aliphatic hydroxyl groups excluding tert-OH is 1. The summed E-state index contributed by atoms with van der Waals surface area (Å²) in [5.41, 5.74) is 16.3. The number of rotatable bonds is 17. The van der Waals surface area contributed by atoms with Gasteiger partial charge in [-0.15, -0.1) is 0 Å². The average Bonchev–Trinajstić information content (AvgIpc) is 2.79. The van der Waals surface area contributed by atoms with Crippen molar-refractivity contribution in [1.82, 2.24) is 16.0 Å². The fourth-order valence-electron chi connectivity index (χ4n) is 2.87. The molecule has 5 atom stereocenters. The molecule has 3 amide bonds. The maximum absolute atomic E-state index is 12.8. The molecular formula is C20H37N7O8. The summed E-state index contributed by atoms with van der Waals surface area (Å²) in [6, 6.07) is -5.12. The topological polar surface area (TPSA) is 273 Å². The van der Waals surface area contributed by atoms with E-state index in [0.29, 0.717) is 12.8 Å². The Labute approximate surface area is 202 Å². The summed E-state index contributed by atoms with van der Waals surface area (Å²) >= 11 is 0. The Bertz CT molecular complexity index is 773. The van der Waals surface area contributed by atoms with E-state index in [1.54, 1.807) is 13.8 Å². The van der Waals surface area contributed by atoms with Gasteiger partial charge in [-0.05, 0) is 25.2 Å². The van der Waals surface area contributed by atoms with Crippen molar-refractivity contribution < 1.29 is 39.3 Å². The molecule has 0 spiro atoms. The van der Waals surface area contributed by atoms with Gasteiger partial charge in [0.25, 0.3) is 0 Å². The summed E-state index contributed by atoms with van der Waals surface area (Å²) in [7, 11) is 0. The van der Waals surface area contributed by atoms with Crippen molar-refractivity contribution in [2.24, 2.45) is 28.1 Å². The molecule has 35 heavy (non-hydrogen) atoms. The average molecular weight is 504 g/mol. The second kappa shape index (κ2) is 16.2. The summed E-state index contributed by atoms with van der Waals surface area (Å²) in [6.07, 6.45) is 0.235. The number of carboxylic acids is 2. The largest absolute Gasteiger partial charge is 0.481 e. The minimum Gasteiger partial charge on any atom is -0.481 e. The van der Waals surface area contributed by atoms with E-state index >= 15 is 0 Å². The van der Waals surface area contributed by atoms with Crippen LogP contribution in [-0.4, -0.2) is 88.3 Å². The lowest BCUT2D eigenvalue weighted by molar-refractivity contribution is -0.143. The molecule has 0 aliphatic heterocycles. The monoisotopic (exact) mass is 503 g/mol. The van der Waals surface area contributed by atoms with Crippen LogP contribution >= 0.6 is 0 Å². The molecule has 15 heteroatoms. The summed E-state index contributed by atoms with van der Waals surface area (Å²) in [6.45, 7) is 2.88. The molecule has 0 heterocycles. The summed E-state index contributed by atoms with van der Waals surface area (Å²) < 4.78 is 0. The number of amides is 3. The van der Waals surface area contributed by atoms with E-state index in [4.69, 9.17) is 22.3 Å². The lowest BCUT2D eigenvalue weighted by Gasteiger charge is -2.27. The maximum Gasteiger partial charge on any atom is 0.326 e. The number of guanidine groups is 1. The number of nitrogens with zero attached hydrogens (tertiary/aromatic N) is 1. The van der Waals surface area contributed by atoms with Crippen LogP contribution in [0.3, 0.4) is 0 Å². The highest BCUT2D eigenvalue weighted by atomic mass is 16.4. The molecule has 0 aliphatic carbocycles. The summed E-state index contributed by atoms with van der Waals surface area (Å²) in [5.74, 6) is -5.61. The molecular weight excluding hydrogens is 466 g/mol. The number of aliphatic hydroxyl groups is 1. The molecule has 15 nitrogen and oxygen atoms in total.